The highest BCUT2D eigenvalue weighted by Gasteiger charge is 2.29. The van der Waals surface area contributed by atoms with Gasteiger partial charge in [0.2, 0.25) is 5.91 Å². The fraction of sp³-hybridized carbons (Fsp3) is 0.143. The lowest BCUT2D eigenvalue weighted by atomic mass is 9.93. The number of halogens is 4. The summed E-state index contributed by atoms with van der Waals surface area (Å²) >= 11 is 24.4. The minimum Gasteiger partial charge on any atom is -0.334 e. The van der Waals surface area contributed by atoms with E-state index in [0.29, 0.717) is 44.1 Å². The molecule has 0 atom stereocenters. The number of Topliss-reactive ketones (excluding diaryl/α,β-unsaturated/α-hetero) is 1. The molecule has 1 aliphatic heterocycles. The Balaban J connectivity index is 1.64. The molecule has 0 spiro atoms. The van der Waals surface area contributed by atoms with E-state index >= 15 is 0 Å². The summed E-state index contributed by atoms with van der Waals surface area (Å²) in [5.74, 6) is -0.157. The Morgan fingerprint density at radius 2 is 1.26 bits per heavy atom. The van der Waals surface area contributed by atoms with Crippen LogP contribution in [0.1, 0.15) is 23.1 Å². The molecule has 3 nitrogen and oxygen atoms in total. The molecule has 1 heterocycles. The van der Waals surface area contributed by atoms with Crippen molar-refractivity contribution >= 4 is 70.2 Å². The number of hydrogen-bond donors (Lipinski definition) is 0. The van der Waals surface area contributed by atoms with Crippen molar-refractivity contribution in [3.8, 4) is 0 Å². The van der Waals surface area contributed by atoms with Gasteiger partial charge in [0.1, 0.15) is 0 Å². The number of rotatable bonds is 5. The molecule has 0 unspecified atom stereocenters. The molecular weight excluding hydrogens is 524 g/mol. The Morgan fingerprint density at radius 1 is 0.743 bits per heavy atom. The number of amides is 1. The van der Waals surface area contributed by atoms with Crippen LogP contribution in [0.4, 0.5) is 0 Å². The smallest absolute Gasteiger partial charge is 0.223 e. The standard InChI is InChI=1S/C28H21Cl4NO2/c29-23-9-6-19(14-25(23)31)12-21-16-33(27(34)11-8-18-4-2-1-3-5-18)17-22(28(21)35)13-20-7-10-24(30)26(32)15-20/h1-7,9-10,12-15H,8,11,16-17H2/b21-12+,22-13+. The van der Waals surface area contributed by atoms with E-state index in [1.807, 2.05) is 30.3 Å². The number of carbonyl (C=O) groups excluding carboxylic acids is 2. The maximum absolute atomic E-state index is 13.4. The van der Waals surface area contributed by atoms with Crippen LogP contribution in [0.25, 0.3) is 12.2 Å². The third kappa shape index (κ3) is 6.56. The third-order valence-corrected chi connectivity index (χ3v) is 7.18. The fourth-order valence-electron chi connectivity index (χ4n) is 3.88. The fourth-order valence-corrected chi connectivity index (χ4v) is 4.49. The van der Waals surface area contributed by atoms with Crippen molar-refractivity contribution < 1.29 is 9.59 Å². The molecule has 0 saturated carbocycles. The number of carbonyl (C=O) groups is 2. The van der Waals surface area contributed by atoms with E-state index in [1.54, 1.807) is 53.5 Å². The van der Waals surface area contributed by atoms with Gasteiger partial charge in [-0.3, -0.25) is 9.59 Å². The normalized spacial score (nSPS) is 16.2. The number of benzene rings is 3. The van der Waals surface area contributed by atoms with Crippen molar-refractivity contribution in [2.24, 2.45) is 0 Å². The summed E-state index contributed by atoms with van der Waals surface area (Å²) in [7, 11) is 0. The van der Waals surface area contributed by atoms with Crippen LogP contribution in [-0.4, -0.2) is 29.7 Å². The molecule has 1 amide bonds. The second-order valence-corrected chi connectivity index (χ2v) is 9.88. The molecule has 0 aromatic heterocycles. The van der Waals surface area contributed by atoms with E-state index in [9.17, 15) is 9.59 Å². The minimum absolute atomic E-state index is 0.0265. The van der Waals surface area contributed by atoms with E-state index in [1.165, 1.54) is 0 Å². The minimum atomic E-state index is -0.130. The van der Waals surface area contributed by atoms with Crippen LogP contribution in [0.15, 0.2) is 77.9 Å². The Labute approximate surface area is 224 Å². The van der Waals surface area contributed by atoms with Crippen LogP contribution < -0.4 is 0 Å². The summed E-state index contributed by atoms with van der Waals surface area (Å²) in [6, 6.07) is 20.2. The molecule has 0 N–H and O–H groups in total. The van der Waals surface area contributed by atoms with Crippen LogP contribution in [0.3, 0.4) is 0 Å². The van der Waals surface area contributed by atoms with Crippen molar-refractivity contribution in [3.05, 3.63) is 115 Å². The lowest BCUT2D eigenvalue weighted by Gasteiger charge is -2.30. The van der Waals surface area contributed by atoms with Gasteiger partial charge in [-0.25, -0.2) is 0 Å². The highest BCUT2D eigenvalue weighted by molar-refractivity contribution is 6.42. The maximum Gasteiger partial charge on any atom is 0.223 e. The largest absolute Gasteiger partial charge is 0.334 e. The van der Waals surface area contributed by atoms with Gasteiger partial charge in [0.25, 0.3) is 0 Å². The van der Waals surface area contributed by atoms with Crippen LogP contribution >= 0.6 is 46.4 Å². The topological polar surface area (TPSA) is 37.4 Å². The van der Waals surface area contributed by atoms with E-state index < -0.39 is 0 Å². The Hall–Kier alpha value is -2.56. The predicted molar refractivity (Wildman–Crippen MR) is 145 cm³/mol. The highest BCUT2D eigenvalue weighted by Crippen LogP contribution is 2.28. The number of likely N-dealkylation sites (tertiary alicyclic amines) is 1. The SMILES string of the molecule is O=C1/C(=C/c2ccc(Cl)c(Cl)c2)CN(C(=O)CCc2ccccc2)C/C1=C\c1ccc(Cl)c(Cl)c1. The quantitative estimate of drug-likeness (QED) is 0.307. The summed E-state index contributed by atoms with van der Waals surface area (Å²) in [4.78, 5) is 28.3. The van der Waals surface area contributed by atoms with E-state index in [4.69, 9.17) is 46.4 Å². The number of hydrogen-bond acceptors (Lipinski definition) is 2. The van der Waals surface area contributed by atoms with Gasteiger partial charge in [-0.05, 0) is 59.5 Å². The number of nitrogens with zero attached hydrogens (tertiary/aromatic N) is 1. The van der Waals surface area contributed by atoms with Gasteiger partial charge < -0.3 is 4.90 Å². The Bertz CT molecular complexity index is 1260. The number of ketones is 1. The first kappa shape index (κ1) is 25.5. The van der Waals surface area contributed by atoms with Gasteiger partial charge in [-0.2, -0.15) is 0 Å². The molecule has 0 bridgehead atoms. The zero-order valence-electron chi connectivity index (χ0n) is 18.6. The molecule has 1 aliphatic rings. The maximum atomic E-state index is 13.4. The Morgan fingerprint density at radius 3 is 1.74 bits per heavy atom. The summed E-state index contributed by atoms with van der Waals surface area (Å²) in [6.45, 7) is 0.427. The molecular formula is C28H21Cl4NO2. The van der Waals surface area contributed by atoms with Crippen molar-refractivity contribution in [2.45, 2.75) is 12.8 Å². The van der Waals surface area contributed by atoms with E-state index in [2.05, 4.69) is 0 Å². The average Bonchev–Trinajstić information content (AvgIpc) is 2.85. The number of piperidine rings is 1. The first-order chi connectivity index (χ1) is 16.8. The van der Waals surface area contributed by atoms with Gasteiger partial charge in [0, 0.05) is 30.7 Å². The molecule has 3 aromatic rings. The molecule has 35 heavy (non-hydrogen) atoms. The number of aryl methyl sites for hydroxylation is 1. The van der Waals surface area contributed by atoms with Crippen LogP contribution in [-0.2, 0) is 16.0 Å². The van der Waals surface area contributed by atoms with Gasteiger partial charge in [-0.1, -0.05) is 88.9 Å². The monoisotopic (exact) mass is 543 g/mol. The molecule has 0 radical (unpaired) electrons. The van der Waals surface area contributed by atoms with Gasteiger partial charge >= 0.3 is 0 Å². The van der Waals surface area contributed by atoms with E-state index in [-0.39, 0.29) is 24.8 Å². The zero-order chi connectivity index (χ0) is 24.9. The summed E-state index contributed by atoms with van der Waals surface area (Å²) in [6.07, 6.45) is 4.48. The summed E-state index contributed by atoms with van der Waals surface area (Å²) in [5.41, 5.74) is 3.54. The lowest BCUT2D eigenvalue weighted by molar-refractivity contribution is -0.131. The zero-order valence-corrected chi connectivity index (χ0v) is 21.6. The molecule has 178 valence electrons. The van der Waals surface area contributed by atoms with Crippen LogP contribution in [0.5, 0.6) is 0 Å². The van der Waals surface area contributed by atoms with Crippen molar-refractivity contribution in [1.29, 1.82) is 0 Å². The third-order valence-electron chi connectivity index (χ3n) is 5.70. The molecule has 7 heteroatoms. The van der Waals surface area contributed by atoms with Crippen molar-refractivity contribution in [2.75, 3.05) is 13.1 Å². The predicted octanol–water partition coefficient (Wildman–Crippen LogP) is 7.81. The van der Waals surface area contributed by atoms with Crippen LogP contribution in [0, 0.1) is 0 Å². The molecule has 1 fully saturated rings. The second-order valence-electron chi connectivity index (χ2n) is 8.25. The molecule has 4 rings (SSSR count). The van der Waals surface area contributed by atoms with Gasteiger partial charge in [0.15, 0.2) is 5.78 Å². The average molecular weight is 545 g/mol. The van der Waals surface area contributed by atoms with Crippen molar-refractivity contribution in [3.63, 3.8) is 0 Å². The Kier molecular flexibility index (Phi) is 8.35. The van der Waals surface area contributed by atoms with E-state index in [0.717, 1.165) is 16.7 Å². The lowest BCUT2D eigenvalue weighted by Crippen LogP contribution is -2.41. The second kappa shape index (κ2) is 11.5. The highest BCUT2D eigenvalue weighted by atomic mass is 35.5. The molecule has 3 aromatic carbocycles. The first-order valence-electron chi connectivity index (χ1n) is 11.0. The first-order valence-corrected chi connectivity index (χ1v) is 12.5. The van der Waals surface area contributed by atoms with Gasteiger partial charge in [0.05, 0.1) is 20.1 Å². The van der Waals surface area contributed by atoms with Crippen LogP contribution in [0.2, 0.25) is 20.1 Å². The van der Waals surface area contributed by atoms with Crippen molar-refractivity contribution in [1.82, 2.24) is 4.90 Å². The molecule has 0 aliphatic carbocycles. The summed E-state index contributed by atoms with van der Waals surface area (Å²) in [5, 5.41) is 1.65. The van der Waals surface area contributed by atoms with Gasteiger partial charge in [-0.15, -0.1) is 0 Å². The molecule has 1 saturated heterocycles. The summed E-state index contributed by atoms with van der Waals surface area (Å²) < 4.78 is 0.